The molecule has 0 bridgehead atoms. The highest BCUT2D eigenvalue weighted by molar-refractivity contribution is 7.86. The van der Waals surface area contributed by atoms with E-state index >= 15 is 0 Å². The largest absolute Gasteiger partial charge is 0.487 e. The molecule has 0 amide bonds. The van der Waals surface area contributed by atoms with Crippen LogP contribution in [0.5, 0.6) is 5.75 Å². The lowest BCUT2D eigenvalue weighted by molar-refractivity contribution is 0.237. The number of hydrogen-bond donors (Lipinski definition) is 2. The first-order chi connectivity index (χ1) is 6.82. The van der Waals surface area contributed by atoms with Gasteiger partial charge in [-0.2, -0.15) is 8.42 Å². The number of para-hydroxylation sites is 1. The molecule has 0 aliphatic carbocycles. The highest BCUT2D eigenvalue weighted by Gasteiger charge is 2.19. The van der Waals surface area contributed by atoms with E-state index in [4.69, 9.17) is 15.0 Å². The summed E-state index contributed by atoms with van der Waals surface area (Å²) in [5.41, 5.74) is 5.75. The molecule has 0 aliphatic heterocycles. The van der Waals surface area contributed by atoms with Crippen LogP contribution in [-0.2, 0) is 10.1 Å². The van der Waals surface area contributed by atoms with E-state index in [1.54, 1.807) is 13.8 Å². The zero-order chi connectivity index (χ0) is 11.6. The Bertz CT molecular complexity index is 453. The second kappa shape index (κ2) is 4.08. The third-order valence-electron chi connectivity index (χ3n) is 1.64. The number of nitrogen functional groups attached to an aromatic ring is 1. The molecule has 0 spiro atoms. The Kier molecular flexibility index (Phi) is 3.21. The van der Waals surface area contributed by atoms with Crippen molar-refractivity contribution in [2.45, 2.75) is 24.8 Å². The van der Waals surface area contributed by atoms with Gasteiger partial charge in [-0.3, -0.25) is 4.55 Å². The predicted molar refractivity (Wildman–Crippen MR) is 56.4 cm³/mol. The SMILES string of the molecule is CC(C)Oc1c(N)cccc1S(=O)(=O)O. The fourth-order valence-electron chi connectivity index (χ4n) is 1.10. The quantitative estimate of drug-likeness (QED) is 0.604. The van der Waals surface area contributed by atoms with Gasteiger partial charge in [-0.05, 0) is 26.0 Å². The van der Waals surface area contributed by atoms with Crippen molar-refractivity contribution in [1.29, 1.82) is 0 Å². The summed E-state index contributed by atoms with van der Waals surface area (Å²) in [6.45, 7) is 3.47. The van der Waals surface area contributed by atoms with Crippen LogP contribution in [0.3, 0.4) is 0 Å². The zero-order valence-electron chi connectivity index (χ0n) is 8.47. The van der Waals surface area contributed by atoms with Crippen LogP contribution in [0, 0.1) is 0 Å². The van der Waals surface area contributed by atoms with Crippen LogP contribution >= 0.6 is 0 Å². The number of anilines is 1. The van der Waals surface area contributed by atoms with E-state index in [1.165, 1.54) is 18.2 Å². The Morgan fingerprint density at radius 2 is 2.00 bits per heavy atom. The monoisotopic (exact) mass is 231 g/mol. The van der Waals surface area contributed by atoms with Gasteiger partial charge in [0.2, 0.25) is 0 Å². The minimum absolute atomic E-state index is 0.00463. The predicted octanol–water partition coefficient (Wildman–Crippen LogP) is 1.30. The molecule has 1 aromatic carbocycles. The number of hydrogen-bond acceptors (Lipinski definition) is 4. The number of ether oxygens (including phenoxy) is 1. The third-order valence-corrected chi connectivity index (χ3v) is 2.52. The summed E-state index contributed by atoms with van der Waals surface area (Å²) in [6.07, 6.45) is -0.227. The topological polar surface area (TPSA) is 89.6 Å². The highest BCUT2D eigenvalue weighted by Crippen LogP contribution is 2.30. The molecular formula is C9H13NO4S. The molecule has 0 fully saturated rings. The normalized spacial score (nSPS) is 11.7. The van der Waals surface area contributed by atoms with Gasteiger partial charge in [0.05, 0.1) is 11.8 Å². The summed E-state index contributed by atoms with van der Waals surface area (Å²) in [7, 11) is -4.31. The van der Waals surface area contributed by atoms with Crippen molar-refractivity contribution in [3.63, 3.8) is 0 Å². The van der Waals surface area contributed by atoms with Gasteiger partial charge in [0.1, 0.15) is 4.90 Å². The second-order valence-corrected chi connectivity index (χ2v) is 4.71. The van der Waals surface area contributed by atoms with Crippen molar-refractivity contribution < 1.29 is 17.7 Å². The van der Waals surface area contributed by atoms with E-state index in [0.717, 1.165) is 0 Å². The number of nitrogens with two attached hydrogens (primary N) is 1. The van der Waals surface area contributed by atoms with Crippen LogP contribution < -0.4 is 10.5 Å². The molecule has 3 N–H and O–H groups in total. The second-order valence-electron chi connectivity index (χ2n) is 3.32. The fourth-order valence-corrected chi connectivity index (χ4v) is 1.75. The molecule has 0 aromatic heterocycles. The summed E-state index contributed by atoms with van der Waals surface area (Å²) in [4.78, 5) is -0.309. The van der Waals surface area contributed by atoms with Crippen molar-refractivity contribution in [1.82, 2.24) is 0 Å². The van der Waals surface area contributed by atoms with Crippen molar-refractivity contribution in [3.05, 3.63) is 18.2 Å². The lowest BCUT2D eigenvalue weighted by atomic mass is 10.3. The molecule has 1 rings (SSSR count). The van der Waals surface area contributed by atoms with Crippen molar-refractivity contribution in [3.8, 4) is 5.75 Å². The molecule has 15 heavy (non-hydrogen) atoms. The molecule has 0 atom stereocenters. The molecule has 0 saturated carbocycles. The van der Waals surface area contributed by atoms with Crippen molar-refractivity contribution in [2.75, 3.05) is 5.73 Å². The summed E-state index contributed by atoms with van der Waals surface area (Å²) in [5, 5.41) is 0. The molecule has 0 unspecified atom stereocenters. The Morgan fingerprint density at radius 3 is 2.47 bits per heavy atom. The average molecular weight is 231 g/mol. The van der Waals surface area contributed by atoms with Crippen LogP contribution in [0.4, 0.5) is 5.69 Å². The fraction of sp³-hybridized carbons (Fsp3) is 0.333. The first kappa shape index (κ1) is 11.8. The first-order valence-corrected chi connectivity index (χ1v) is 5.79. The van der Waals surface area contributed by atoms with Gasteiger partial charge in [0, 0.05) is 0 Å². The minimum atomic E-state index is -4.31. The maximum absolute atomic E-state index is 11.0. The maximum Gasteiger partial charge on any atom is 0.298 e. The Balaban J connectivity index is 3.33. The summed E-state index contributed by atoms with van der Waals surface area (Å²) in [6, 6.07) is 4.18. The van der Waals surface area contributed by atoms with Gasteiger partial charge in [-0.15, -0.1) is 0 Å². The summed E-state index contributed by atoms with van der Waals surface area (Å²) < 4.78 is 36.2. The van der Waals surface area contributed by atoms with Gasteiger partial charge in [-0.25, -0.2) is 0 Å². The van der Waals surface area contributed by atoms with E-state index in [2.05, 4.69) is 0 Å². The lowest BCUT2D eigenvalue weighted by Crippen LogP contribution is -2.11. The van der Waals surface area contributed by atoms with Crippen LogP contribution in [0.25, 0.3) is 0 Å². The van der Waals surface area contributed by atoms with Gasteiger partial charge in [0.25, 0.3) is 10.1 Å². The molecule has 5 nitrogen and oxygen atoms in total. The Hall–Kier alpha value is -1.27. The van der Waals surface area contributed by atoms with E-state index in [0.29, 0.717) is 0 Å². The first-order valence-electron chi connectivity index (χ1n) is 4.35. The highest BCUT2D eigenvalue weighted by atomic mass is 32.2. The molecule has 0 saturated heterocycles. The number of benzene rings is 1. The third kappa shape index (κ3) is 2.84. The summed E-state index contributed by atoms with van der Waals surface area (Å²) >= 11 is 0. The molecule has 84 valence electrons. The molecule has 1 aromatic rings. The standard InChI is InChI=1S/C9H13NO4S/c1-6(2)14-9-7(10)4-3-5-8(9)15(11,12)13/h3-6H,10H2,1-2H3,(H,11,12,13). The smallest absolute Gasteiger partial charge is 0.298 e. The van der Waals surface area contributed by atoms with Crippen LogP contribution in [0.2, 0.25) is 0 Å². The maximum atomic E-state index is 11.0. The Labute approximate surface area is 88.6 Å². The van der Waals surface area contributed by atoms with Crippen LogP contribution in [-0.4, -0.2) is 19.1 Å². The van der Waals surface area contributed by atoms with E-state index in [9.17, 15) is 8.42 Å². The average Bonchev–Trinajstić information content (AvgIpc) is 2.05. The molecule has 6 heteroatoms. The molecule has 0 radical (unpaired) electrons. The van der Waals surface area contributed by atoms with E-state index < -0.39 is 10.1 Å². The van der Waals surface area contributed by atoms with Gasteiger partial charge >= 0.3 is 0 Å². The van der Waals surface area contributed by atoms with E-state index in [-0.39, 0.29) is 22.4 Å². The van der Waals surface area contributed by atoms with Crippen LogP contribution in [0.1, 0.15) is 13.8 Å². The van der Waals surface area contributed by atoms with Crippen molar-refractivity contribution in [2.24, 2.45) is 0 Å². The van der Waals surface area contributed by atoms with E-state index in [1.807, 2.05) is 0 Å². The molecule has 0 aliphatic rings. The lowest BCUT2D eigenvalue weighted by Gasteiger charge is -2.14. The van der Waals surface area contributed by atoms with Crippen molar-refractivity contribution >= 4 is 15.8 Å². The van der Waals surface area contributed by atoms with Gasteiger partial charge in [0.15, 0.2) is 5.75 Å². The van der Waals surface area contributed by atoms with Gasteiger partial charge in [-0.1, -0.05) is 6.07 Å². The zero-order valence-corrected chi connectivity index (χ0v) is 9.28. The van der Waals surface area contributed by atoms with Crippen LogP contribution in [0.15, 0.2) is 23.1 Å². The number of rotatable bonds is 3. The molecular weight excluding hydrogens is 218 g/mol. The Morgan fingerprint density at radius 1 is 1.40 bits per heavy atom. The molecule has 0 heterocycles. The minimum Gasteiger partial charge on any atom is -0.487 e. The summed E-state index contributed by atoms with van der Waals surface area (Å²) in [5.74, 6) is -0.00463. The van der Waals surface area contributed by atoms with Gasteiger partial charge < -0.3 is 10.5 Å².